The molecule has 112 valence electrons. The Morgan fingerprint density at radius 2 is 2.00 bits per heavy atom. The molecule has 0 radical (unpaired) electrons. The molecular formula is C12H17FN2O4S. The lowest BCUT2D eigenvalue weighted by molar-refractivity contribution is -0.149. The zero-order valence-corrected chi connectivity index (χ0v) is 12.1. The van der Waals surface area contributed by atoms with E-state index in [0.29, 0.717) is 0 Å². The van der Waals surface area contributed by atoms with Crippen LogP contribution in [-0.4, -0.2) is 31.0 Å². The maximum atomic E-state index is 13.0. The van der Waals surface area contributed by atoms with Crippen molar-refractivity contribution in [1.29, 1.82) is 0 Å². The highest BCUT2D eigenvalue weighted by atomic mass is 32.2. The van der Waals surface area contributed by atoms with Gasteiger partial charge < -0.3 is 5.11 Å². The fraction of sp³-hybridized carbons (Fsp3) is 0.500. The number of aromatic nitrogens is 1. The normalized spacial score (nSPS) is 12.3. The van der Waals surface area contributed by atoms with E-state index in [9.17, 15) is 22.7 Å². The van der Waals surface area contributed by atoms with Crippen LogP contribution in [0.3, 0.4) is 0 Å². The van der Waals surface area contributed by atoms with Crippen LogP contribution >= 0.6 is 0 Å². The molecule has 1 heterocycles. The summed E-state index contributed by atoms with van der Waals surface area (Å²) < 4.78 is 39.1. The Morgan fingerprint density at radius 3 is 2.45 bits per heavy atom. The highest BCUT2D eigenvalue weighted by Crippen LogP contribution is 2.26. The fourth-order valence-corrected chi connectivity index (χ4v) is 2.83. The van der Waals surface area contributed by atoms with Crippen LogP contribution in [0.4, 0.5) is 4.39 Å². The van der Waals surface area contributed by atoms with Gasteiger partial charge in [-0.1, -0.05) is 13.8 Å². The third-order valence-electron chi connectivity index (χ3n) is 3.40. The van der Waals surface area contributed by atoms with Gasteiger partial charge in [0.25, 0.3) is 0 Å². The third kappa shape index (κ3) is 3.51. The number of nitrogens with zero attached hydrogens (tertiary/aromatic N) is 1. The molecule has 0 saturated heterocycles. The number of carboxylic acids is 1. The van der Waals surface area contributed by atoms with Crippen LogP contribution in [0.5, 0.6) is 0 Å². The Bertz CT molecular complexity index is 585. The molecule has 0 bridgehead atoms. The van der Waals surface area contributed by atoms with E-state index in [1.807, 2.05) is 0 Å². The van der Waals surface area contributed by atoms with Crippen molar-refractivity contribution in [1.82, 2.24) is 9.71 Å². The van der Waals surface area contributed by atoms with Gasteiger partial charge in [0.1, 0.15) is 10.7 Å². The SMILES string of the molecule is CCC(CC)(CNS(=O)(=O)c1cncc(F)c1)C(=O)O. The summed E-state index contributed by atoms with van der Waals surface area (Å²) in [5, 5.41) is 9.23. The third-order valence-corrected chi connectivity index (χ3v) is 4.77. The Kier molecular flexibility index (Phi) is 5.18. The van der Waals surface area contributed by atoms with E-state index in [2.05, 4.69) is 9.71 Å². The molecule has 0 atom stereocenters. The number of carboxylic acid groups (broad SMARTS) is 1. The Hall–Kier alpha value is -1.54. The first kappa shape index (κ1) is 16.5. The topological polar surface area (TPSA) is 96.4 Å². The number of hydrogen-bond donors (Lipinski definition) is 2. The van der Waals surface area contributed by atoms with Gasteiger partial charge in [-0.3, -0.25) is 9.78 Å². The first-order valence-corrected chi connectivity index (χ1v) is 7.59. The standard InChI is InChI=1S/C12H17FN2O4S/c1-3-12(4-2,11(16)17)8-15-20(18,19)10-5-9(13)6-14-7-10/h5-7,15H,3-4,8H2,1-2H3,(H,16,17). The van der Waals surface area contributed by atoms with Crippen LogP contribution < -0.4 is 4.72 Å². The molecule has 0 unspecified atom stereocenters. The van der Waals surface area contributed by atoms with Gasteiger partial charge in [0.15, 0.2) is 0 Å². The van der Waals surface area contributed by atoms with Crippen LogP contribution in [0.15, 0.2) is 23.4 Å². The Balaban J connectivity index is 2.95. The number of aliphatic carboxylic acids is 1. The molecule has 1 aromatic heterocycles. The van der Waals surface area contributed by atoms with E-state index in [-0.39, 0.29) is 24.3 Å². The number of carbonyl (C=O) groups is 1. The number of rotatable bonds is 7. The number of halogens is 1. The largest absolute Gasteiger partial charge is 0.481 e. The van der Waals surface area contributed by atoms with Gasteiger partial charge >= 0.3 is 5.97 Å². The summed E-state index contributed by atoms with van der Waals surface area (Å²) >= 11 is 0. The second-order valence-corrected chi connectivity index (χ2v) is 6.22. The van der Waals surface area contributed by atoms with E-state index in [0.717, 1.165) is 18.5 Å². The predicted molar refractivity (Wildman–Crippen MR) is 70.0 cm³/mol. The lowest BCUT2D eigenvalue weighted by Crippen LogP contribution is -2.42. The van der Waals surface area contributed by atoms with Crippen molar-refractivity contribution in [2.24, 2.45) is 5.41 Å². The van der Waals surface area contributed by atoms with Crippen molar-refractivity contribution in [3.05, 3.63) is 24.3 Å². The number of hydrogen-bond acceptors (Lipinski definition) is 4. The Morgan fingerprint density at radius 1 is 1.40 bits per heavy atom. The average Bonchev–Trinajstić information content (AvgIpc) is 2.40. The van der Waals surface area contributed by atoms with Gasteiger partial charge in [-0.05, 0) is 18.9 Å². The smallest absolute Gasteiger partial charge is 0.310 e. The van der Waals surface area contributed by atoms with Crippen molar-refractivity contribution < 1.29 is 22.7 Å². The maximum Gasteiger partial charge on any atom is 0.310 e. The first-order valence-electron chi connectivity index (χ1n) is 6.11. The minimum atomic E-state index is -3.99. The van der Waals surface area contributed by atoms with Crippen LogP contribution in [0.2, 0.25) is 0 Å². The number of pyridine rings is 1. The van der Waals surface area contributed by atoms with Gasteiger partial charge in [-0.15, -0.1) is 0 Å². The Labute approximate surface area is 117 Å². The van der Waals surface area contributed by atoms with Gasteiger partial charge in [0, 0.05) is 12.7 Å². The van der Waals surface area contributed by atoms with Crippen molar-refractivity contribution in [3.8, 4) is 0 Å². The van der Waals surface area contributed by atoms with Crippen LogP contribution in [0.1, 0.15) is 26.7 Å². The zero-order valence-electron chi connectivity index (χ0n) is 11.3. The summed E-state index contributed by atoms with van der Waals surface area (Å²) in [5.41, 5.74) is -1.17. The summed E-state index contributed by atoms with van der Waals surface area (Å²) in [4.78, 5) is 14.4. The van der Waals surface area contributed by atoms with E-state index >= 15 is 0 Å². The molecule has 1 rings (SSSR count). The molecule has 20 heavy (non-hydrogen) atoms. The summed E-state index contributed by atoms with van der Waals surface area (Å²) in [5.74, 6) is -1.84. The molecule has 0 aliphatic carbocycles. The van der Waals surface area contributed by atoms with Gasteiger partial charge in [0.2, 0.25) is 10.0 Å². The molecule has 2 N–H and O–H groups in total. The fourth-order valence-electron chi connectivity index (χ4n) is 1.73. The van der Waals surface area contributed by atoms with E-state index < -0.39 is 27.2 Å². The molecule has 0 amide bonds. The summed E-state index contributed by atoms with van der Waals surface area (Å²) in [6.07, 6.45) is 2.45. The van der Waals surface area contributed by atoms with Crippen molar-refractivity contribution in [2.45, 2.75) is 31.6 Å². The highest BCUT2D eigenvalue weighted by molar-refractivity contribution is 7.89. The van der Waals surface area contributed by atoms with E-state index in [4.69, 9.17) is 0 Å². The molecule has 1 aromatic rings. The van der Waals surface area contributed by atoms with Crippen molar-refractivity contribution in [2.75, 3.05) is 6.54 Å². The number of sulfonamides is 1. The molecule has 6 nitrogen and oxygen atoms in total. The minimum absolute atomic E-state index is 0.256. The van der Waals surface area contributed by atoms with Crippen LogP contribution in [0, 0.1) is 11.2 Å². The average molecular weight is 304 g/mol. The molecule has 0 saturated carbocycles. The molecule has 8 heteroatoms. The highest BCUT2D eigenvalue weighted by Gasteiger charge is 2.36. The second-order valence-electron chi connectivity index (χ2n) is 4.46. The van der Waals surface area contributed by atoms with E-state index in [1.54, 1.807) is 13.8 Å². The minimum Gasteiger partial charge on any atom is -0.481 e. The second kappa shape index (κ2) is 6.27. The molecule has 0 aliphatic heterocycles. The zero-order chi connectivity index (χ0) is 15.4. The lowest BCUT2D eigenvalue weighted by Gasteiger charge is -2.26. The van der Waals surface area contributed by atoms with Gasteiger partial charge in [-0.25, -0.2) is 17.5 Å². The maximum absolute atomic E-state index is 13.0. The van der Waals surface area contributed by atoms with E-state index in [1.165, 1.54) is 0 Å². The predicted octanol–water partition coefficient (Wildman–Crippen LogP) is 1.39. The summed E-state index contributed by atoms with van der Waals surface area (Å²) in [6.45, 7) is 3.10. The van der Waals surface area contributed by atoms with Crippen LogP contribution in [-0.2, 0) is 14.8 Å². The quantitative estimate of drug-likeness (QED) is 0.793. The molecular weight excluding hydrogens is 287 g/mol. The monoisotopic (exact) mass is 304 g/mol. The molecule has 0 fully saturated rings. The molecule has 0 aliphatic rings. The first-order chi connectivity index (χ1) is 9.27. The van der Waals surface area contributed by atoms with Gasteiger partial charge in [0.05, 0.1) is 11.6 Å². The molecule has 0 aromatic carbocycles. The number of nitrogens with one attached hydrogen (secondary N) is 1. The molecule has 0 spiro atoms. The van der Waals surface area contributed by atoms with Crippen molar-refractivity contribution >= 4 is 16.0 Å². The van der Waals surface area contributed by atoms with Crippen molar-refractivity contribution in [3.63, 3.8) is 0 Å². The van der Waals surface area contributed by atoms with Gasteiger partial charge in [-0.2, -0.15) is 0 Å². The summed E-state index contributed by atoms with van der Waals surface area (Å²) in [6, 6.07) is 0.829. The summed E-state index contributed by atoms with van der Waals surface area (Å²) in [7, 11) is -3.99. The van der Waals surface area contributed by atoms with Crippen LogP contribution in [0.25, 0.3) is 0 Å². The lowest BCUT2D eigenvalue weighted by atomic mass is 9.83.